The van der Waals surface area contributed by atoms with Gasteiger partial charge in [0.15, 0.2) is 5.43 Å². The van der Waals surface area contributed by atoms with Crippen molar-refractivity contribution in [3.8, 4) is 5.75 Å². The predicted octanol–water partition coefficient (Wildman–Crippen LogP) is 6.50. The first-order valence-electron chi connectivity index (χ1n) is 12.1. The van der Waals surface area contributed by atoms with Gasteiger partial charge in [0.2, 0.25) is 10.9 Å². The molecule has 0 saturated heterocycles. The molecule has 0 N–H and O–H groups in total. The summed E-state index contributed by atoms with van der Waals surface area (Å²) in [5, 5.41) is 10.5. The number of aromatic nitrogens is 2. The fourth-order valence-electron chi connectivity index (χ4n) is 4.58. The molecule has 0 aliphatic carbocycles. The van der Waals surface area contributed by atoms with Crippen molar-refractivity contribution in [3.63, 3.8) is 0 Å². The van der Waals surface area contributed by atoms with Crippen molar-refractivity contribution < 1.29 is 13.9 Å². The van der Waals surface area contributed by atoms with Gasteiger partial charge in [-0.15, -0.1) is 10.2 Å². The van der Waals surface area contributed by atoms with Crippen molar-refractivity contribution in [2.75, 3.05) is 4.90 Å². The van der Waals surface area contributed by atoms with E-state index < -0.39 is 11.9 Å². The van der Waals surface area contributed by atoms with E-state index in [0.29, 0.717) is 39.9 Å². The van der Waals surface area contributed by atoms with E-state index in [-0.39, 0.29) is 16.8 Å². The average molecular weight is 544 g/mol. The lowest BCUT2D eigenvalue weighted by atomic mass is 9.98. The van der Waals surface area contributed by atoms with E-state index in [9.17, 15) is 9.59 Å². The minimum atomic E-state index is -0.737. The number of hydrogen-bond donors (Lipinski definition) is 0. The summed E-state index contributed by atoms with van der Waals surface area (Å²) < 4.78 is 12.0. The van der Waals surface area contributed by atoms with Crippen LogP contribution in [0.3, 0.4) is 0 Å². The number of hydrogen-bond acceptors (Lipinski definition) is 7. The second-order valence-corrected chi connectivity index (χ2v) is 10.5. The Morgan fingerprint density at radius 2 is 1.82 bits per heavy atom. The molecule has 9 heteroatoms. The van der Waals surface area contributed by atoms with Gasteiger partial charge in [-0.3, -0.25) is 14.5 Å². The number of anilines is 1. The summed E-state index contributed by atoms with van der Waals surface area (Å²) in [6.45, 7) is 4.22. The van der Waals surface area contributed by atoms with Crippen LogP contribution in [0.5, 0.6) is 5.75 Å². The number of carbonyl (C=O) groups is 1. The van der Waals surface area contributed by atoms with Crippen molar-refractivity contribution in [2.45, 2.75) is 32.9 Å². The molecule has 190 valence electrons. The maximum Gasteiger partial charge on any atom is 0.297 e. The lowest BCUT2D eigenvalue weighted by molar-refractivity contribution is 0.0970. The molecule has 0 fully saturated rings. The van der Waals surface area contributed by atoms with Gasteiger partial charge in [0.25, 0.3) is 5.91 Å². The van der Waals surface area contributed by atoms with Gasteiger partial charge in [0.1, 0.15) is 22.9 Å². The number of benzene rings is 3. The monoisotopic (exact) mass is 543 g/mol. The third-order valence-electron chi connectivity index (χ3n) is 6.56. The van der Waals surface area contributed by atoms with Gasteiger partial charge in [-0.25, -0.2) is 0 Å². The molecular weight excluding hydrogens is 522 g/mol. The Morgan fingerprint density at radius 1 is 1.05 bits per heavy atom. The summed E-state index contributed by atoms with van der Waals surface area (Å²) in [4.78, 5) is 29.1. The molecule has 0 bridgehead atoms. The van der Waals surface area contributed by atoms with Crippen LogP contribution in [0.2, 0.25) is 5.02 Å². The number of rotatable bonds is 6. The van der Waals surface area contributed by atoms with Crippen LogP contribution in [0.15, 0.2) is 75.9 Å². The van der Waals surface area contributed by atoms with Gasteiger partial charge in [0.05, 0.1) is 17.0 Å². The molecule has 0 radical (unpaired) electrons. The highest BCUT2D eigenvalue weighted by Gasteiger charge is 2.45. The van der Waals surface area contributed by atoms with Crippen molar-refractivity contribution in [3.05, 3.63) is 115 Å². The standard InChI is InChI=1S/C29H22ClN3O4S/c1-3-23-31-32-29(38-23)33-25(18-9-11-19(12-10-18)36-15-17-7-5-4-6-8-17)24-26(34)20-14-21(30)16(2)13-22(20)37-27(24)28(33)35/h4-14,25H,3,15H2,1-2H3. The van der Waals surface area contributed by atoms with Crippen molar-refractivity contribution in [2.24, 2.45) is 0 Å². The van der Waals surface area contributed by atoms with Crippen LogP contribution in [-0.2, 0) is 13.0 Å². The van der Waals surface area contributed by atoms with E-state index in [0.717, 1.165) is 21.7 Å². The van der Waals surface area contributed by atoms with Crippen LogP contribution in [0.1, 0.15) is 50.8 Å². The smallest absolute Gasteiger partial charge is 0.297 e. The maximum absolute atomic E-state index is 13.8. The molecule has 1 aliphatic rings. The number of halogens is 1. The Bertz CT molecular complexity index is 1730. The second-order valence-electron chi connectivity index (χ2n) is 9.02. The molecule has 2 aromatic heterocycles. The Morgan fingerprint density at radius 3 is 2.53 bits per heavy atom. The van der Waals surface area contributed by atoms with Crippen LogP contribution in [0.25, 0.3) is 11.0 Å². The van der Waals surface area contributed by atoms with Gasteiger partial charge >= 0.3 is 0 Å². The Kier molecular flexibility index (Phi) is 6.21. The summed E-state index contributed by atoms with van der Waals surface area (Å²) in [5.74, 6) is 0.248. The maximum atomic E-state index is 13.8. The third-order valence-corrected chi connectivity index (χ3v) is 8.03. The Labute approximate surface area is 227 Å². The molecule has 6 rings (SSSR count). The summed E-state index contributed by atoms with van der Waals surface area (Å²) in [7, 11) is 0. The first-order valence-corrected chi connectivity index (χ1v) is 13.3. The Hall–Kier alpha value is -4.01. The zero-order chi connectivity index (χ0) is 26.4. The van der Waals surface area contributed by atoms with Crippen LogP contribution < -0.4 is 15.1 Å². The van der Waals surface area contributed by atoms with E-state index in [1.807, 2.05) is 68.4 Å². The highest BCUT2D eigenvalue weighted by molar-refractivity contribution is 7.15. The van der Waals surface area contributed by atoms with Crippen molar-refractivity contribution >= 4 is 44.9 Å². The van der Waals surface area contributed by atoms with Crippen molar-refractivity contribution in [1.29, 1.82) is 0 Å². The summed E-state index contributed by atoms with van der Waals surface area (Å²) in [6, 6.07) is 19.8. The van der Waals surface area contributed by atoms with Crippen molar-refractivity contribution in [1.82, 2.24) is 10.2 Å². The molecule has 3 aromatic carbocycles. The topological polar surface area (TPSA) is 85.5 Å². The molecule has 7 nitrogen and oxygen atoms in total. The second kappa shape index (κ2) is 9.70. The molecule has 1 amide bonds. The summed E-state index contributed by atoms with van der Waals surface area (Å²) in [5.41, 5.74) is 2.81. The number of aryl methyl sites for hydroxylation is 2. The SMILES string of the molecule is CCc1nnc(N2C(=O)c3oc4cc(C)c(Cl)cc4c(=O)c3C2c2ccc(OCc3ccccc3)cc2)s1. The molecule has 0 saturated carbocycles. The van der Waals surface area contributed by atoms with Gasteiger partial charge in [0, 0.05) is 5.02 Å². The number of amides is 1. The highest BCUT2D eigenvalue weighted by Crippen LogP contribution is 2.42. The van der Waals surface area contributed by atoms with E-state index in [4.69, 9.17) is 20.8 Å². The molecule has 5 aromatic rings. The van der Waals surface area contributed by atoms with Gasteiger partial charge < -0.3 is 9.15 Å². The van der Waals surface area contributed by atoms with Crippen LogP contribution in [-0.4, -0.2) is 16.1 Å². The first-order chi connectivity index (χ1) is 18.4. The molecule has 3 heterocycles. The molecule has 0 spiro atoms. The molecule has 1 unspecified atom stereocenters. The molecule has 1 atom stereocenters. The van der Waals surface area contributed by atoms with Gasteiger partial charge in [-0.2, -0.15) is 0 Å². The number of nitrogens with zero attached hydrogens (tertiary/aromatic N) is 3. The van der Waals surface area contributed by atoms with E-state index in [1.54, 1.807) is 12.1 Å². The number of fused-ring (bicyclic) bond motifs is 2. The van der Waals surface area contributed by atoms with E-state index in [2.05, 4.69) is 10.2 Å². The largest absolute Gasteiger partial charge is 0.489 e. The number of carbonyl (C=O) groups excluding carboxylic acids is 1. The molecule has 1 aliphatic heterocycles. The summed E-state index contributed by atoms with van der Waals surface area (Å²) in [6.07, 6.45) is 0.684. The fourth-order valence-corrected chi connectivity index (χ4v) is 5.55. The first kappa shape index (κ1) is 24.3. The van der Waals surface area contributed by atoms with Gasteiger partial charge in [-0.05, 0) is 54.3 Å². The predicted molar refractivity (Wildman–Crippen MR) is 147 cm³/mol. The molecule has 38 heavy (non-hydrogen) atoms. The minimum absolute atomic E-state index is 0.00637. The highest BCUT2D eigenvalue weighted by atomic mass is 35.5. The lowest BCUT2D eigenvalue weighted by Gasteiger charge is -2.22. The lowest BCUT2D eigenvalue weighted by Crippen LogP contribution is -2.29. The van der Waals surface area contributed by atoms with Crippen LogP contribution >= 0.6 is 22.9 Å². The van der Waals surface area contributed by atoms with E-state index >= 15 is 0 Å². The quantitative estimate of drug-likeness (QED) is 0.243. The van der Waals surface area contributed by atoms with E-state index in [1.165, 1.54) is 16.2 Å². The summed E-state index contributed by atoms with van der Waals surface area (Å²) >= 11 is 7.66. The van der Waals surface area contributed by atoms with Crippen LogP contribution in [0.4, 0.5) is 5.13 Å². The zero-order valence-electron chi connectivity index (χ0n) is 20.6. The average Bonchev–Trinajstić information content (AvgIpc) is 3.52. The fraction of sp³-hybridized carbons (Fsp3) is 0.172. The van der Waals surface area contributed by atoms with Gasteiger partial charge in [-0.1, -0.05) is 72.3 Å². The Balaban J connectivity index is 1.45. The normalized spacial score (nSPS) is 14.8. The van der Waals surface area contributed by atoms with Crippen LogP contribution in [0, 0.1) is 6.92 Å². The number of ether oxygens (including phenoxy) is 1. The third kappa shape index (κ3) is 4.15. The zero-order valence-corrected chi connectivity index (χ0v) is 22.2. The molecular formula is C29H22ClN3O4S. The minimum Gasteiger partial charge on any atom is -0.489 e.